The van der Waals surface area contributed by atoms with Crippen LogP contribution < -0.4 is 10.6 Å². The van der Waals surface area contributed by atoms with Crippen molar-refractivity contribution in [3.05, 3.63) is 88.7 Å². The van der Waals surface area contributed by atoms with E-state index in [4.69, 9.17) is 11.6 Å². The lowest BCUT2D eigenvalue weighted by Gasteiger charge is -2.09. The van der Waals surface area contributed by atoms with E-state index >= 15 is 0 Å². The maximum Gasteiger partial charge on any atom is 0.228 e. The lowest BCUT2D eigenvalue weighted by Crippen LogP contribution is -2.14. The Morgan fingerprint density at radius 3 is 2.35 bits per heavy atom. The van der Waals surface area contributed by atoms with Gasteiger partial charge in [-0.1, -0.05) is 29.8 Å². The van der Waals surface area contributed by atoms with Gasteiger partial charge in [-0.2, -0.15) is 5.10 Å². The Morgan fingerprint density at radius 1 is 0.968 bits per heavy atom. The fraction of sp³-hybridized carbons (Fsp3) is 0.130. The molecule has 0 aliphatic heterocycles. The second-order valence-corrected chi connectivity index (χ2v) is 7.54. The normalized spacial score (nSPS) is 10.7. The van der Waals surface area contributed by atoms with Crippen LogP contribution in [0.4, 0.5) is 17.2 Å². The summed E-state index contributed by atoms with van der Waals surface area (Å²) >= 11 is 6.12. The molecule has 0 bridgehead atoms. The number of rotatable bonds is 6. The van der Waals surface area contributed by atoms with Gasteiger partial charge in [-0.25, -0.2) is 4.68 Å². The minimum atomic E-state index is -0.126. The Balaban J connectivity index is 1.36. The molecule has 0 unspecified atom stereocenters. The highest BCUT2D eigenvalue weighted by molar-refractivity contribution is 6.31. The van der Waals surface area contributed by atoms with Crippen LogP contribution in [0.5, 0.6) is 0 Å². The number of carbonyl (C=O) groups is 1. The summed E-state index contributed by atoms with van der Waals surface area (Å²) in [5, 5.41) is 19.5. The lowest BCUT2D eigenvalue weighted by molar-refractivity contribution is -0.115. The number of anilines is 3. The van der Waals surface area contributed by atoms with E-state index in [1.165, 1.54) is 0 Å². The summed E-state index contributed by atoms with van der Waals surface area (Å²) in [6, 6.07) is 20.4. The second-order valence-electron chi connectivity index (χ2n) is 7.13. The number of hydrogen-bond donors (Lipinski definition) is 2. The molecule has 0 fully saturated rings. The molecule has 0 atom stereocenters. The Hall–Kier alpha value is -3.71. The van der Waals surface area contributed by atoms with Crippen LogP contribution >= 0.6 is 11.6 Å². The van der Waals surface area contributed by atoms with Gasteiger partial charge >= 0.3 is 0 Å². The van der Waals surface area contributed by atoms with E-state index in [0.717, 1.165) is 22.6 Å². The van der Waals surface area contributed by atoms with Gasteiger partial charge in [0.2, 0.25) is 5.91 Å². The van der Waals surface area contributed by atoms with Crippen molar-refractivity contribution in [1.82, 2.24) is 20.0 Å². The largest absolute Gasteiger partial charge is 0.339 e. The third-order valence-corrected chi connectivity index (χ3v) is 5.00. The molecule has 0 aliphatic rings. The number of hydrogen-bond acceptors (Lipinski definition) is 5. The van der Waals surface area contributed by atoms with E-state index in [-0.39, 0.29) is 12.3 Å². The van der Waals surface area contributed by atoms with Gasteiger partial charge in [0.05, 0.1) is 12.1 Å². The summed E-state index contributed by atoms with van der Waals surface area (Å²) in [6.07, 6.45) is 0.219. The number of aryl methyl sites for hydroxylation is 2. The van der Waals surface area contributed by atoms with Crippen LogP contribution in [-0.2, 0) is 11.2 Å². The maximum atomic E-state index is 12.3. The molecule has 0 aliphatic carbocycles. The predicted molar refractivity (Wildman–Crippen MR) is 122 cm³/mol. The van der Waals surface area contributed by atoms with Crippen molar-refractivity contribution in [3.8, 4) is 5.82 Å². The van der Waals surface area contributed by atoms with E-state index in [1.54, 1.807) is 10.7 Å². The molecule has 0 spiro atoms. The first-order valence-electron chi connectivity index (χ1n) is 9.75. The quantitative estimate of drug-likeness (QED) is 0.454. The van der Waals surface area contributed by atoms with Crippen molar-refractivity contribution in [2.24, 2.45) is 0 Å². The second kappa shape index (κ2) is 8.97. The monoisotopic (exact) mass is 432 g/mol. The first-order valence-corrected chi connectivity index (χ1v) is 10.1. The first-order chi connectivity index (χ1) is 15.0. The van der Waals surface area contributed by atoms with Crippen molar-refractivity contribution in [1.29, 1.82) is 0 Å². The van der Waals surface area contributed by atoms with Crippen LogP contribution in [0.3, 0.4) is 0 Å². The zero-order valence-corrected chi connectivity index (χ0v) is 17.9. The standard InChI is InChI=1S/C23H21ClN6O/c1-15-13-16(2)30(29-15)22-12-11-21(27-28-22)25-18-7-9-19(10-8-18)26-23(31)14-17-5-3-4-6-20(17)24/h3-13H,14H2,1-2H3,(H,25,27)(H,26,31). The highest BCUT2D eigenvalue weighted by atomic mass is 35.5. The van der Waals surface area contributed by atoms with Crippen LogP contribution in [0.2, 0.25) is 5.02 Å². The number of aromatic nitrogens is 4. The molecular weight excluding hydrogens is 412 g/mol. The summed E-state index contributed by atoms with van der Waals surface area (Å²) in [7, 11) is 0. The number of nitrogens with one attached hydrogen (secondary N) is 2. The average Bonchev–Trinajstić information content (AvgIpc) is 3.10. The van der Waals surface area contributed by atoms with Gasteiger partial charge < -0.3 is 10.6 Å². The van der Waals surface area contributed by atoms with Gasteiger partial charge in [0.25, 0.3) is 0 Å². The summed E-state index contributed by atoms with van der Waals surface area (Å²) < 4.78 is 1.76. The van der Waals surface area contributed by atoms with E-state index in [1.807, 2.05) is 74.5 Å². The number of halogens is 1. The van der Waals surface area contributed by atoms with Crippen molar-refractivity contribution in [2.75, 3.05) is 10.6 Å². The Bertz CT molecular complexity index is 1200. The Kier molecular flexibility index (Phi) is 5.95. The van der Waals surface area contributed by atoms with Crippen molar-refractivity contribution in [3.63, 3.8) is 0 Å². The smallest absolute Gasteiger partial charge is 0.228 e. The van der Waals surface area contributed by atoms with Gasteiger partial charge in [0.15, 0.2) is 11.6 Å². The highest BCUT2D eigenvalue weighted by Gasteiger charge is 2.08. The molecule has 4 rings (SSSR count). The van der Waals surface area contributed by atoms with Crippen LogP contribution in [0, 0.1) is 13.8 Å². The summed E-state index contributed by atoms with van der Waals surface area (Å²) in [6.45, 7) is 3.92. The van der Waals surface area contributed by atoms with Crippen molar-refractivity contribution >= 4 is 34.7 Å². The van der Waals surface area contributed by atoms with Crippen LogP contribution in [0.15, 0.2) is 66.7 Å². The molecule has 2 aromatic heterocycles. The molecule has 2 aromatic carbocycles. The third-order valence-electron chi connectivity index (χ3n) is 4.63. The predicted octanol–water partition coefficient (Wildman–Crippen LogP) is 4.86. The molecule has 2 N–H and O–H groups in total. The fourth-order valence-corrected chi connectivity index (χ4v) is 3.37. The molecule has 7 nitrogen and oxygen atoms in total. The van der Waals surface area contributed by atoms with E-state index < -0.39 is 0 Å². The molecule has 31 heavy (non-hydrogen) atoms. The Morgan fingerprint density at radius 2 is 1.71 bits per heavy atom. The molecule has 8 heteroatoms. The molecule has 1 amide bonds. The van der Waals surface area contributed by atoms with E-state index in [0.29, 0.717) is 22.3 Å². The number of carbonyl (C=O) groups excluding carboxylic acids is 1. The molecule has 0 saturated carbocycles. The summed E-state index contributed by atoms with van der Waals surface area (Å²) in [5.41, 5.74) is 4.26. The van der Waals surface area contributed by atoms with Crippen LogP contribution in [0.1, 0.15) is 17.0 Å². The molecule has 4 aromatic rings. The minimum Gasteiger partial charge on any atom is -0.339 e. The number of benzene rings is 2. The molecule has 156 valence electrons. The number of amides is 1. The SMILES string of the molecule is Cc1cc(C)n(-c2ccc(Nc3ccc(NC(=O)Cc4ccccc4Cl)cc3)nn2)n1. The van der Waals surface area contributed by atoms with Crippen LogP contribution in [-0.4, -0.2) is 25.9 Å². The van der Waals surface area contributed by atoms with E-state index in [2.05, 4.69) is 25.9 Å². The highest BCUT2D eigenvalue weighted by Crippen LogP contribution is 2.20. The van der Waals surface area contributed by atoms with Gasteiger partial charge in [0, 0.05) is 22.1 Å². The fourth-order valence-electron chi connectivity index (χ4n) is 3.17. The maximum absolute atomic E-state index is 12.3. The first kappa shape index (κ1) is 20.6. The molecule has 2 heterocycles. The van der Waals surface area contributed by atoms with Crippen LogP contribution in [0.25, 0.3) is 5.82 Å². The molecular formula is C23H21ClN6O. The van der Waals surface area contributed by atoms with Gasteiger partial charge in [-0.15, -0.1) is 10.2 Å². The number of nitrogens with zero attached hydrogens (tertiary/aromatic N) is 4. The third kappa shape index (κ3) is 5.07. The molecule has 0 saturated heterocycles. The van der Waals surface area contributed by atoms with Gasteiger partial charge in [-0.3, -0.25) is 4.79 Å². The molecule has 0 radical (unpaired) electrons. The van der Waals surface area contributed by atoms with Crippen molar-refractivity contribution in [2.45, 2.75) is 20.3 Å². The lowest BCUT2D eigenvalue weighted by atomic mass is 10.1. The average molecular weight is 433 g/mol. The zero-order valence-electron chi connectivity index (χ0n) is 17.1. The van der Waals surface area contributed by atoms with Gasteiger partial charge in [-0.05, 0) is 67.9 Å². The summed E-state index contributed by atoms with van der Waals surface area (Å²) in [4.78, 5) is 12.3. The van der Waals surface area contributed by atoms with E-state index in [9.17, 15) is 4.79 Å². The summed E-state index contributed by atoms with van der Waals surface area (Å²) in [5.74, 6) is 1.15. The minimum absolute atomic E-state index is 0.126. The zero-order chi connectivity index (χ0) is 21.8. The van der Waals surface area contributed by atoms with Crippen molar-refractivity contribution < 1.29 is 4.79 Å². The van der Waals surface area contributed by atoms with Gasteiger partial charge in [0.1, 0.15) is 0 Å². The Labute approximate surface area is 185 Å². The topological polar surface area (TPSA) is 84.7 Å².